The van der Waals surface area contributed by atoms with Gasteiger partial charge in [-0.1, -0.05) is 12.1 Å². The topological polar surface area (TPSA) is 62.4 Å². The zero-order chi connectivity index (χ0) is 20.8. The van der Waals surface area contributed by atoms with Gasteiger partial charge in [-0.2, -0.15) is 5.10 Å². The van der Waals surface area contributed by atoms with E-state index in [1.54, 1.807) is 14.2 Å². The lowest BCUT2D eigenvalue weighted by Crippen LogP contribution is -2.34. The Labute approximate surface area is 178 Å². The van der Waals surface area contributed by atoms with E-state index < -0.39 is 0 Å². The summed E-state index contributed by atoms with van der Waals surface area (Å²) in [4.78, 5) is 2.57. The summed E-state index contributed by atoms with van der Waals surface area (Å²) < 4.78 is 10.7. The molecule has 0 saturated carbocycles. The highest BCUT2D eigenvalue weighted by molar-refractivity contribution is 5.63. The van der Waals surface area contributed by atoms with Gasteiger partial charge < -0.3 is 14.8 Å². The van der Waals surface area contributed by atoms with Crippen LogP contribution in [0.1, 0.15) is 30.0 Å². The minimum absolute atomic E-state index is 0.332. The standard InChI is InChI=1S/C24H30N4O2/c1-29-21-10-8-18(9-11-21)24-20(16-26-27-24)15-25-17-23(28-12-3-4-13-28)19-6-5-7-22(14-19)30-2/h5-11,14,16,23,25H,3-4,12-13,15,17H2,1-2H3,(H,26,27). The molecule has 0 bridgehead atoms. The number of benzene rings is 2. The van der Waals surface area contributed by atoms with E-state index in [1.165, 1.54) is 18.4 Å². The normalized spacial score (nSPS) is 15.3. The van der Waals surface area contributed by atoms with E-state index in [2.05, 4.69) is 50.7 Å². The van der Waals surface area contributed by atoms with Gasteiger partial charge in [0, 0.05) is 30.3 Å². The molecule has 0 amide bonds. The molecule has 0 spiro atoms. The fraction of sp³-hybridized carbons (Fsp3) is 0.375. The molecule has 1 aliphatic rings. The number of aromatic amines is 1. The molecule has 1 atom stereocenters. The first-order chi connectivity index (χ1) is 14.8. The smallest absolute Gasteiger partial charge is 0.119 e. The van der Waals surface area contributed by atoms with Gasteiger partial charge in [0.25, 0.3) is 0 Å². The van der Waals surface area contributed by atoms with Crippen LogP contribution in [0.2, 0.25) is 0 Å². The lowest BCUT2D eigenvalue weighted by Gasteiger charge is -2.28. The first kappa shape index (κ1) is 20.4. The molecule has 4 rings (SSSR count). The third kappa shape index (κ3) is 4.66. The van der Waals surface area contributed by atoms with Gasteiger partial charge in [-0.15, -0.1) is 0 Å². The molecule has 1 aliphatic heterocycles. The average Bonchev–Trinajstić information content (AvgIpc) is 3.49. The molecule has 6 nitrogen and oxygen atoms in total. The Bertz CT molecular complexity index is 932. The Morgan fingerprint density at radius 2 is 1.80 bits per heavy atom. The maximum absolute atomic E-state index is 5.45. The van der Waals surface area contributed by atoms with Gasteiger partial charge in [0.15, 0.2) is 0 Å². The second kappa shape index (κ2) is 9.78. The molecule has 30 heavy (non-hydrogen) atoms. The molecular formula is C24H30N4O2. The molecule has 0 aliphatic carbocycles. The van der Waals surface area contributed by atoms with E-state index in [-0.39, 0.29) is 0 Å². The monoisotopic (exact) mass is 406 g/mol. The van der Waals surface area contributed by atoms with Gasteiger partial charge in [0.1, 0.15) is 11.5 Å². The van der Waals surface area contributed by atoms with Crippen LogP contribution in [0.5, 0.6) is 11.5 Å². The second-order valence-corrected chi connectivity index (χ2v) is 7.67. The number of hydrogen-bond acceptors (Lipinski definition) is 5. The van der Waals surface area contributed by atoms with E-state index in [0.717, 1.165) is 54.5 Å². The number of H-pyrrole nitrogens is 1. The number of aromatic nitrogens is 2. The summed E-state index contributed by atoms with van der Waals surface area (Å²) in [5.74, 6) is 1.76. The molecule has 1 unspecified atom stereocenters. The third-order valence-corrected chi connectivity index (χ3v) is 5.81. The van der Waals surface area contributed by atoms with Crippen molar-refractivity contribution in [2.45, 2.75) is 25.4 Å². The Kier molecular flexibility index (Phi) is 6.67. The fourth-order valence-electron chi connectivity index (χ4n) is 4.16. The first-order valence-corrected chi connectivity index (χ1v) is 10.5. The molecule has 1 aromatic heterocycles. The van der Waals surface area contributed by atoms with Crippen LogP contribution in [0.4, 0.5) is 0 Å². The van der Waals surface area contributed by atoms with Crippen molar-refractivity contribution in [3.63, 3.8) is 0 Å². The van der Waals surface area contributed by atoms with Crippen molar-refractivity contribution in [2.24, 2.45) is 0 Å². The van der Waals surface area contributed by atoms with E-state index in [9.17, 15) is 0 Å². The van der Waals surface area contributed by atoms with Crippen LogP contribution in [0.3, 0.4) is 0 Å². The maximum Gasteiger partial charge on any atom is 0.119 e. The molecule has 3 aromatic rings. The van der Waals surface area contributed by atoms with Gasteiger partial charge in [0.2, 0.25) is 0 Å². The number of ether oxygens (including phenoxy) is 2. The minimum Gasteiger partial charge on any atom is -0.497 e. The predicted octanol–water partition coefficient (Wildman–Crippen LogP) is 4.02. The van der Waals surface area contributed by atoms with Gasteiger partial charge in [-0.3, -0.25) is 10.00 Å². The number of rotatable bonds is 9. The molecular weight excluding hydrogens is 376 g/mol. The van der Waals surface area contributed by atoms with Crippen LogP contribution in [-0.4, -0.2) is 49.0 Å². The van der Waals surface area contributed by atoms with Crippen molar-refractivity contribution >= 4 is 0 Å². The van der Waals surface area contributed by atoms with Gasteiger partial charge in [-0.25, -0.2) is 0 Å². The van der Waals surface area contributed by atoms with Crippen LogP contribution in [0.15, 0.2) is 54.7 Å². The van der Waals surface area contributed by atoms with Crippen LogP contribution in [0, 0.1) is 0 Å². The van der Waals surface area contributed by atoms with Gasteiger partial charge in [-0.05, 0) is 67.9 Å². The summed E-state index contributed by atoms with van der Waals surface area (Å²) in [6.45, 7) is 3.92. The van der Waals surface area contributed by atoms with Crippen LogP contribution >= 0.6 is 0 Å². The minimum atomic E-state index is 0.332. The maximum atomic E-state index is 5.45. The Morgan fingerprint density at radius 3 is 2.53 bits per heavy atom. The number of hydrogen-bond donors (Lipinski definition) is 2. The van der Waals surface area contributed by atoms with Gasteiger partial charge >= 0.3 is 0 Å². The lowest BCUT2D eigenvalue weighted by molar-refractivity contribution is 0.238. The summed E-state index contributed by atoms with van der Waals surface area (Å²) in [6, 6.07) is 16.8. The van der Waals surface area contributed by atoms with Crippen molar-refractivity contribution in [2.75, 3.05) is 33.9 Å². The molecule has 1 fully saturated rings. The summed E-state index contributed by atoms with van der Waals surface area (Å²) in [5, 5.41) is 11.1. The van der Waals surface area contributed by atoms with E-state index in [0.29, 0.717) is 6.04 Å². The molecule has 6 heteroatoms. The zero-order valence-corrected chi connectivity index (χ0v) is 17.7. The highest BCUT2D eigenvalue weighted by Gasteiger charge is 2.23. The SMILES string of the molecule is COc1ccc(-c2[nH]ncc2CNCC(c2cccc(OC)c2)N2CCCC2)cc1. The molecule has 2 heterocycles. The van der Waals surface area contributed by atoms with E-state index >= 15 is 0 Å². The molecule has 2 N–H and O–H groups in total. The largest absolute Gasteiger partial charge is 0.497 e. The van der Waals surface area contributed by atoms with E-state index in [1.807, 2.05) is 24.4 Å². The third-order valence-electron chi connectivity index (χ3n) is 5.81. The van der Waals surface area contributed by atoms with Crippen LogP contribution in [-0.2, 0) is 6.54 Å². The summed E-state index contributed by atoms with van der Waals surface area (Å²) in [7, 11) is 3.40. The Hall–Kier alpha value is -2.83. The summed E-state index contributed by atoms with van der Waals surface area (Å²) >= 11 is 0. The number of likely N-dealkylation sites (tertiary alicyclic amines) is 1. The molecule has 2 aromatic carbocycles. The Balaban J connectivity index is 1.45. The van der Waals surface area contributed by atoms with Gasteiger partial charge in [0.05, 0.1) is 26.1 Å². The zero-order valence-electron chi connectivity index (χ0n) is 17.7. The second-order valence-electron chi connectivity index (χ2n) is 7.67. The lowest BCUT2D eigenvalue weighted by atomic mass is 10.0. The highest BCUT2D eigenvalue weighted by atomic mass is 16.5. The van der Waals surface area contributed by atoms with Crippen molar-refractivity contribution in [3.8, 4) is 22.8 Å². The summed E-state index contributed by atoms with van der Waals surface area (Å²) in [6.07, 6.45) is 4.44. The number of nitrogens with one attached hydrogen (secondary N) is 2. The van der Waals surface area contributed by atoms with Crippen molar-refractivity contribution in [3.05, 3.63) is 65.9 Å². The number of methoxy groups -OCH3 is 2. The quantitative estimate of drug-likeness (QED) is 0.562. The highest BCUT2D eigenvalue weighted by Crippen LogP contribution is 2.28. The van der Waals surface area contributed by atoms with E-state index in [4.69, 9.17) is 9.47 Å². The molecule has 1 saturated heterocycles. The molecule has 158 valence electrons. The predicted molar refractivity (Wildman–Crippen MR) is 119 cm³/mol. The molecule has 0 radical (unpaired) electrons. The Morgan fingerprint density at radius 1 is 1.03 bits per heavy atom. The van der Waals surface area contributed by atoms with Crippen molar-refractivity contribution < 1.29 is 9.47 Å². The van der Waals surface area contributed by atoms with Crippen LogP contribution in [0.25, 0.3) is 11.3 Å². The number of nitrogens with zero attached hydrogens (tertiary/aromatic N) is 2. The fourth-order valence-corrected chi connectivity index (χ4v) is 4.16. The van der Waals surface area contributed by atoms with Crippen molar-refractivity contribution in [1.82, 2.24) is 20.4 Å². The van der Waals surface area contributed by atoms with Crippen LogP contribution < -0.4 is 14.8 Å². The average molecular weight is 407 g/mol. The first-order valence-electron chi connectivity index (χ1n) is 10.5. The van der Waals surface area contributed by atoms with Crippen molar-refractivity contribution in [1.29, 1.82) is 0 Å². The summed E-state index contributed by atoms with van der Waals surface area (Å²) in [5.41, 5.74) is 4.61.